The number of ether oxygens (including phenoxy) is 1. The Labute approximate surface area is 119 Å². The number of benzene rings is 1. The number of nitrogens with one attached hydrogen (secondary N) is 1. The number of halogens is 2. The van der Waals surface area contributed by atoms with E-state index in [1.165, 1.54) is 12.1 Å². The van der Waals surface area contributed by atoms with Gasteiger partial charge in [0.25, 0.3) is 0 Å². The minimum absolute atomic E-state index is 0.176. The SMILES string of the molecule is CCCNC(c1cc(F)c(C)cc1F)C1CCCOC1. The van der Waals surface area contributed by atoms with E-state index in [0.29, 0.717) is 17.7 Å². The Morgan fingerprint density at radius 3 is 2.80 bits per heavy atom. The van der Waals surface area contributed by atoms with Crippen LogP contribution in [0.2, 0.25) is 0 Å². The van der Waals surface area contributed by atoms with E-state index in [2.05, 4.69) is 12.2 Å². The van der Waals surface area contributed by atoms with Gasteiger partial charge in [0.15, 0.2) is 0 Å². The standard InChI is InChI=1S/C16H23F2NO/c1-3-6-19-16(12-5-4-7-20-10-12)13-9-14(17)11(2)8-15(13)18/h8-9,12,16,19H,3-7,10H2,1-2H3. The van der Waals surface area contributed by atoms with E-state index in [1.54, 1.807) is 6.92 Å². The van der Waals surface area contributed by atoms with Crippen LogP contribution in [0.25, 0.3) is 0 Å². The fourth-order valence-corrected chi connectivity index (χ4v) is 2.76. The molecule has 0 amide bonds. The van der Waals surface area contributed by atoms with E-state index in [9.17, 15) is 8.78 Å². The molecule has 2 unspecified atom stereocenters. The van der Waals surface area contributed by atoms with Gasteiger partial charge in [-0.25, -0.2) is 8.78 Å². The first-order chi connectivity index (χ1) is 9.63. The first-order valence-corrected chi connectivity index (χ1v) is 7.40. The van der Waals surface area contributed by atoms with Gasteiger partial charge < -0.3 is 10.1 Å². The molecule has 0 aliphatic carbocycles. The average Bonchev–Trinajstić information content (AvgIpc) is 2.45. The molecule has 1 aliphatic heterocycles. The van der Waals surface area contributed by atoms with Gasteiger partial charge in [-0.05, 0) is 50.4 Å². The molecule has 4 heteroatoms. The van der Waals surface area contributed by atoms with Crippen LogP contribution in [0, 0.1) is 24.5 Å². The van der Waals surface area contributed by atoms with E-state index in [4.69, 9.17) is 4.74 Å². The summed E-state index contributed by atoms with van der Waals surface area (Å²) in [5.41, 5.74) is 0.775. The molecule has 0 radical (unpaired) electrons. The smallest absolute Gasteiger partial charge is 0.128 e. The fraction of sp³-hybridized carbons (Fsp3) is 0.625. The predicted molar refractivity (Wildman–Crippen MR) is 75.7 cm³/mol. The number of hydrogen-bond acceptors (Lipinski definition) is 2. The van der Waals surface area contributed by atoms with Crippen molar-refractivity contribution < 1.29 is 13.5 Å². The quantitative estimate of drug-likeness (QED) is 0.889. The topological polar surface area (TPSA) is 21.3 Å². The van der Waals surface area contributed by atoms with Gasteiger partial charge in [0.2, 0.25) is 0 Å². The van der Waals surface area contributed by atoms with E-state index in [1.807, 2.05) is 0 Å². The first-order valence-electron chi connectivity index (χ1n) is 7.40. The van der Waals surface area contributed by atoms with Crippen molar-refractivity contribution in [3.63, 3.8) is 0 Å². The molecule has 1 aliphatic rings. The van der Waals surface area contributed by atoms with E-state index in [0.717, 1.165) is 32.4 Å². The molecule has 20 heavy (non-hydrogen) atoms. The third-order valence-corrected chi connectivity index (χ3v) is 3.89. The molecule has 1 N–H and O–H groups in total. The van der Waals surface area contributed by atoms with Crippen molar-refractivity contribution in [3.05, 3.63) is 34.9 Å². The number of rotatable bonds is 5. The average molecular weight is 283 g/mol. The molecule has 1 fully saturated rings. The Morgan fingerprint density at radius 2 is 2.15 bits per heavy atom. The van der Waals surface area contributed by atoms with Crippen LogP contribution in [-0.2, 0) is 4.74 Å². The molecular formula is C16H23F2NO. The lowest BCUT2D eigenvalue weighted by Gasteiger charge is -2.31. The summed E-state index contributed by atoms with van der Waals surface area (Å²) in [5.74, 6) is -0.476. The molecule has 112 valence electrons. The highest BCUT2D eigenvalue weighted by Gasteiger charge is 2.28. The van der Waals surface area contributed by atoms with E-state index in [-0.39, 0.29) is 23.6 Å². The zero-order chi connectivity index (χ0) is 14.5. The third kappa shape index (κ3) is 3.55. The normalized spacial score (nSPS) is 20.9. The van der Waals surface area contributed by atoms with Crippen LogP contribution in [0.4, 0.5) is 8.78 Å². The molecule has 2 nitrogen and oxygen atoms in total. The Kier molecular flexibility index (Phi) is 5.49. The van der Waals surface area contributed by atoms with Crippen LogP contribution in [0.1, 0.15) is 43.4 Å². The minimum Gasteiger partial charge on any atom is -0.381 e. The van der Waals surface area contributed by atoms with Crippen molar-refractivity contribution in [2.45, 2.75) is 39.2 Å². The van der Waals surface area contributed by atoms with Gasteiger partial charge in [0.1, 0.15) is 11.6 Å². The summed E-state index contributed by atoms with van der Waals surface area (Å²) in [5, 5.41) is 3.36. The first kappa shape index (κ1) is 15.4. The second-order valence-electron chi connectivity index (χ2n) is 5.53. The minimum atomic E-state index is -0.346. The summed E-state index contributed by atoms with van der Waals surface area (Å²) in [6.07, 6.45) is 2.92. The van der Waals surface area contributed by atoms with Gasteiger partial charge in [-0.1, -0.05) is 6.92 Å². The second-order valence-corrected chi connectivity index (χ2v) is 5.53. The summed E-state index contributed by atoms with van der Waals surface area (Å²) in [4.78, 5) is 0. The number of hydrogen-bond donors (Lipinski definition) is 1. The molecule has 0 spiro atoms. The van der Waals surface area contributed by atoms with Crippen LogP contribution in [-0.4, -0.2) is 19.8 Å². The van der Waals surface area contributed by atoms with Crippen molar-refractivity contribution in [1.82, 2.24) is 5.32 Å². The summed E-state index contributed by atoms with van der Waals surface area (Å²) in [7, 11) is 0. The van der Waals surface area contributed by atoms with Crippen molar-refractivity contribution in [3.8, 4) is 0 Å². The zero-order valence-electron chi connectivity index (χ0n) is 12.2. The van der Waals surface area contributed by atoms with Gasteiger partial charge in [0, 0.05) is 24.1 Å². The maximum absolute atomic E-state index is 14.2. The Bertz CT molecular complexity index is 444. The van der Waals surface area contributed by atoms with Crippen LogP contribution >= 0.6 is 0 Å². The maximum Gasteiger partial charge on any atom is 0.128 e. The van der Waals surface area contributed by atoms with Gasteiger partial charge in [-0.2, -0.15) is 0 Å². The lowest BCUT2D eigenvalue weighted by atomic mass is 9.88. The van der Waals surface area contributed by atoms with E-state index >= 15 is 0 Å². The Balaban J connectivity index is 2.27. The van der Waals surface area contributed by atoms with E-state index < -0.39 is 0 Å². The molecule has 0 saturated carbocycles. The van der Waals surface area contributed by atoms with Crippen LogP contribution in [0.5, 0.6) is 0 Å². The van der Waals surface area contributed by atoms with Gasteiger partial charge >= 0.3 is 0 Å². The second kappa shape index (κ2) is 7.14. The highest BCUT2D eigenvalue weighted by atomic mass is 19.1. The molecule has 2 atom stereocenters. The maximum atomic E-state index is 14.2. The zero-order valence-corrected chi connectivity index (χ0v) is 12.2. The largest absolute Gasteiger partial charge is 0.381 e. The monoisotopic (exact) mass is 283 g/mol. The van der Waals surface area contributed by atoms with Crippen LogP contribution in [0.3, 0.4) is 0 Å². The summed E-state index contributed by atoms with van der Waals surface area (Å²) >= 11 is 0. The lowest BCUT2D eigenvalue weighted by molar-refractivity contribution is 0.0384. The van der Waals surface area contributed by atoms with Gasteiger partial charge in [0.05, 0.1) is 6.61 Å². The molecular weight excluding hydrogens is 260 g/mol. The third-order valence-electron chi connectivity index (χ3n) is 3.89. The molecule has 2 rings (SSSR count). The molecule has 0 bridgehead atoms. The molecule has 1 saturated heterocycles. The van der Waals surface area contributed by atoms with Crippen molar-refractivity contribution in [2.75, 3.05) is 19.8 Å². The summed E-state index contributed by atoms with van der Waals surface area (Å²) in [6.45, 7) is 5.81. The predicted octanol–water partition coefficient (Wildman–Crippen LogP) is 3.74. The lowest BCUT2D eigenvalue weighted by Crippen LogP contribution is -2.34. The van der Waals surface area contributed by atoms with Crippen molar-refractivity contribution in [1.29, 1.82) is 0 Å². The van der Waals surface area contributed by atoms with Crippen molar-refractivity contribution >= 4 is 0 Å². The fourth-order valence-electron chi connectivity index (χ4n) is 2.76. The highest BCUT2D eigenvalue weighted by molar-refractivity contribution is 5.28. The molecule has 0 aromatic heterocycles. The van der Waals surface area contributed by atoms with Crippen LogP contribution < -0.4 is 5.32 Å². The molecule has 1 heterocycles. The molecule has 1 aromatic carbocycles. The Hall–Kier alpha value is -1.00. The summed E-state index contributed by atoms with van der Waals surface area (Å²) < 4.78 is 33.5. The number of aryl methyl sites for hydroxylation is 1. The molecule has 1 aromatic rings. The summed E-state index contributed by atoms with van der Waals surface area (Å²) in [6, 6.07) is 2.45. The Morgan fingerprint density at radius 1 is 1.35 bits per heavy atom. The van der Waals surface area contributed by atoms with Crippen LogP contribution in [0.15, 0.2) is 12.1 Å². The highest BCUT2D eigenvalue weighted by Crippen LogP contribution is 2.31. The van der Waals surface area contributed by atoms with Crippen molar-refractivity contribution in [2.24, 2.45) is 5.92 Å². The van der Waals surface area contributed by atoms with Gasteiger partial charge in [-0.3, -0.25) is 0 Å². The van der Waals surface area contributed by atoms with Gasteiger partial charge in [-0.15, -0.1) is 0 Å².